The minimum absolute atomic E-state index is 0.438. The van der Waals surface area contributed by atoms with Crippen LogP contribution in [-0.2, 0) is 4.65 Å². The number of pyridine rings is 1. The number of aromatic nitrogens is 3. The maximum absolute atomic E-state index is 10.2. The average molecular weight is 389 g/mol. The number of aliphatic hydroxyl groups is 1. The van der Waals surface area contributed by atoms with Crippen LogP contribution < -0.4 is 5.46 Å². The molecule has 0 unspecified atom stereocenters. The predicted molar refractivity (Wildman–Crippen MR) is 118 cm³/mol. The molecule has 0 aliphatic rings. The molecule has 3 rings (SSSR count). The van der Waals surface area contributed by atoms with Crippen LogP contribution in [0.4, 0.5) is 0 Å². The molecule has 3 aromatic rings. The second-order valence-corrected chi connectivity index (χ2v) is 8.46. The van der Waals surface area contributed by atoms with Crippen molar-refractivity contribution in [3.63, 3.8) is 0 Å². The zero-order valence-electron chi connectivity index (χ0n) is 18.0. The zero-order valence-corrected chi connectivity index (χ0v) is 18.0. The van der Waals surface area contributed by atoms with Gasteiger partial charge in [-0.2, -0.15) is 0 Å². The van der Waals surface area contributed by atoms with Gasteiger partial charge in [0.15, 0.2) is 5.82 Å². The summed E-state index contributed by atoms with van der Waals surface area (Å²) in [5.74, 6) is 0.698. The van der Waals surface area contributed by atoms with Crippen LogP contribution in [0.25, 0.3) is 22.6 Å². The maximum atomic E-state index is 10.2. The Bertz CT molecular complexity index is 958. The minimum atomic E-state index is -0.918. The molecule has 0 atom stereocenters. The first-order chi connectivity index (χ1) is 13.5. The highest BCUT2D eigenvalue weighted by Crippen LogP contribution is 2.24. The second-order valence-electron chi connectivity index (χ2n) is 8.46. The third-order valence-electron chi connectivity index (χ3n) is 5.33. The lowest BCUT2D eigenvalue weighted by molar-refractivity contribution is -0.0893. The normalized spacial score (nSPS) is 12.1. The van der Waals surface area contributed by atoms with E-state index in [0.29, 0.717) is 13.3 Å². The van der Waals surface area contributed by atoms with Crippen molar-refractivity contribution in [3.05, 3.63) is 60.0 Å². The Morgan fingerprint density at radius 2 is 1.45 bits per heavy atom. The molecular weight excluding hydrogens is 361 g/mol. The van der Waals surface area contributed by atoms with Gasteiger partial charge >= 0.3 is 7.48 Å². The van der Waals surface area contributed by atoms with Crippen LogP contribution in [0.15, 0.2) is 48.7 Å². The SMILES string of the molecule is Cc1cc(C)nc(-c2ccc(-c3ccc(BOC(C)(C)C(C)(C)O)cc3)nc2)n1. The number of nitrogens with zero attached hydrogens (tertiary/aromatic N) is 3. The highest BCUT2D eigenvalue weighted by molar-refractivity contribution is 6.47. The summed E-state index contributed by atoms with van der Waals surface area (Å²) in [5, 5.41) is 10.2. The van der Waals surface area contributed by atoms with Crippen LogP contribution in [0.2, 0.25) is 0 Å². The summed E-state index contributed by atoms with van der Waals surface area (Å²) in [6.45, 7) is 11.2. The summed E-state index contributed by atoms with van der Waals surface area (Å²) < 4.78 is 5.93. The molecule has 0 amide bonds. The highest BCUT2D eigenvalue weighted by Gasteiger charge is 2.35. The van der Waals surface area contributed by atoms with Gasteiger partial charge in [-0.25, -0.2) is 9.97 Å². The van der Waals surface area contributed by atoms with E-state index < -0.39 is 11.2 Å². The van der Waals surface area contributed by atoms with Gasteiger partial charge in [0.25, 0.3) is 0 Å². The van der Waals surface area contributed by atoms with Crippen molar-refractivity contribution in [3.8, 4) is 22.6 Å². The molecule has 5 nitrogen and oxygen atoms in total. The Labute approximate surface area is 173 Å². The molecule has 0 bridgehead atoms. The van der Waals surface area contributed by atoms with E-state index >= 15 is 0 Å². The lowest BCUT2D eigenvalue weighted by Gasteiger charge is -2.37. The van der Waals surface area contributed by atoms with Gasteiger partial charge in [0.2, 0.25) is 0 Å². The number of hydrogen-bond acceptors (Lipinski definition) is 5. The van der Waals surface area contributed by atoms with Crippen LogP contribution >= 0.6 is 0 Å². The van der Waals surface area contributed by atoms with Crippen molar-refractivity contribution in [1.29, 1.82) is 0 Å². The van der Waals surface area contributed by atoms with Gasteiger partial charge in [-0.05, 0) is 59.7 Å². The standard InChI is InChI=1S/C23H28BN3O2/c1-15-13-16(2)27-21(26-15)18-9-12-20(25-14-18)17-7-10-19(11-8-17)24-29-23(5,6)22(3,4)28/h7-14,24,28H,1-6H3. The Balaban J connectivity index is 1.72. The molecule has 1 N–H and O–H groups in total. The third kappa shape index (κ3) is 5.08. The Hall–Kier alpha value is -2.57. The van der Waals surface area contributed by atoms with Crippen LogP contribution in [0.5, 0.6) is 0 Å². The number of aryl methyl sites for hydroxylation is 2. The molecule has 150 valence electrons. The molecular formula is C23H28BN3O2. The quantitative estimate of drug-likeness (QED) is 0.655. The summed E-state index contributed by atoms with van der Waals surface area (Å²) in [4.78, 5) is 13.6. The van der Waals surface area contributed by atoms with Crippen LogP contribution in [0, 0.1) is 13.8 Å². The molecule has 1 aromatic carbocycles. The highest BCUT2D eigenvalue weighted by atomic mass is 16.5. The van der Waals surface area contributed by atoms with E-state index in [1.54, 1.807) is 13.8 Å². The van der Waals surface area contributed by atoms with Gasteiger partial charge in [0.05, 0.1) is 16.9 Å². The number of benzene rings is 1. The fourth-order valence-corrected chi connectivity index (χ4v) is 2.76. The maximum Gasteiger partial charge on any atom is 0.309 e. The van der Waals surface area contributed by atoms with Gasteiger partial charge in [0.1, 0.15) is 0 Å². The molecule has 6 heteroatoms. The monoisotopic (exact) mass is 389 g/mol. The van der Waals surface area contributed by atoms with Crippen molar-refractivity contribution in [2.24, 2.45) is 0 Å². The van der Waals surface area contributed by atoms with Crippen molar-refractivity contribution in [2.45, 2.75) is 52.7 Å². The van der Waals surface area contributed by atoms with Gasteiger partial charge in [-0.1, -0.05) is 29.7 Å². The molecule has 0 saturated carbocycles. The van der Waals surface area contributed by atoms with Crippen LogP contribution in [0.3, 0.4) is 0 Å². The van der Waals surface area contributed by atoms with Crippen molar-refractivity contribution >= 4 is 12.9 Å². The Morgan fingerprint density at radius 1 is 0.862 bits per heavy atom. The van der Waals surface area contributed by atoms with Gasteiger partial charge < -0.3 is 9.76 Å². The zero-order chi connectivity index (χ0) is 21.2. The first-order valence-corrected chi connectivity index (χ1v) is 9.79. The van der Waals surface area contributed by atoms with Crippen molar-refractivity contribution in [2.75, 3.05) is 0 Å². The summed E-state index contributed by atoms with van der Waals surface area (Å²) in [6, 6.07) is 14.1. The topological polar surface area (TPSA) is 68.1 Å². The van der Waals surface area contributed by atoms with Gasteiger partial charge in [0, 0.05) is 28.7 Å². The molecule has 0 saturated heterocycles. The minimum Gasteiger partial charge on any atom is -0.427 e. The predicted octanol–water partition coefficient (Wildman–Crippen LogP) is 3.37. The smallest absolute Gasteiger partial charge is 0.309 e. The van der Waals surface area contributed by atoms with E-state index in [9.17, 15) is 5.11 Å². The van der Waals surface area contributed by atoms with E-state index in [0.717, 1.165) is 33.7 Å². The first kappa shape index (κ1) is 21.2. The molecule has 2 aromatic heterocycles. The molecule has 29 heavy (non-hydrogen) atoms. The molecule has 2 heterocycles. The molecule has 0 fully saturated rings. The molecule has 0 spiro atoms. The lowest BCUT2D eigenvalue weighted by atomic mass is 9.82. The van der Waals surface area contributed by atoms with E-state index in [-0.39, 0.29) is 0 Å². The van der Waals surface area contributed by atoms with E-state index in [2.05, 4.69) is 15.0 Å². The average Bonchev–Trinajstić information content (AvgIpc) is 2.65. The van der Waals surface area contributed by atoms with Crippen molar-refractivity contribution < 1.29 is 9.76 Å². The summed E-state index contributed by atoms with van der Waals surface area (Å²) in [5.41, 5.74) is 4.21. The fraction of sp³-hybridized carbons (Fsp3) is 0.348. The molecule has 0 aliphatic heterocycles. The van der Waals surface area contributed by atoms with E-state index in [1.807, 2.05) is 76.4 Å². The van der Waals surface area contributed by atoms with E-state index in [1.165, 1.54) is 0 Å². The summed E-state index contributed by atoms with van der Waals surface area (Å²) in [6.07, 6.45) is 1.81. The fourth-order valence-electron chi connectivity index (χ4n) is 2.76. The first-order valence-electron chi connectivity index (χ1n) is 9.79. The van der Waals surface area contributed by atoms with Gasteiger partial charge in [-0.15, -0.1) is 0 Å². The molecule has 0 aliphatic carbocycles. The molecule has 0 radical (unpaired) electrons. The second kappa shape index (κ2) is 8.05. The summed E-state index contributed by atoms with van der Waals surface area (Å²) in [7, 11) is 0.438. The largest absolute Gasteiger partial charge is 0.427 e. The van der Waals surface area contributed by atoms with Crippen LogP contribution in [0.1, 0.15) is 39.1 Å². The number of hydrogen-bond donors (Lipinski definition) is 1. The van der Waals surface area contributed by atoms with Gasteiger partial charge in [-0.3, -0.25) is 4.98 Å². The van der Waals surface area contributed by atoms with Crippen molar-refractivity contribution in [1.82, 2.24) is 15.0 Å². The Kier molecular flexibility index (Phi) is 5.87. The Morgan fingerprint density at radius 3 is 1.97 bits per heavy atom. The number of rotatable bonds is 6. The van der Waals surface area contributed by atoms with E-state index in [4.69, 9.17) is 4.65 Å². The lowest BCUT2D eigenvalue weighted by Crippen LogP contribution is -2.49. The third-order valence-corrected chi connectivity index (χ3v) is 5.33. The van der Waals surface area contributed by atoms with Crippen LogP contribution in [-0.4, -0.2) is 38.7 Å². The summed E-state index contributed by atoms with van der Waals surface area (Å²) >= 11 is 0.